The van der Waals surface area contributed by atoms with Gasteiger partial charge in [-0.1, -0.05) is 19.1 Å². The van der Waals surface area contributed by atoms with Crippen molar-refractivity contribution in [3.8, 4) is 5.75 Å². The summed E-state index contributed by atoms with van der Waals surface area (Å²) in [5.74, 6) is 0.403. The van der Waals surface area contributed by atoms with Gasteiger partial charge >= 0.3 is 0 Å². The molecule has 2 atom stereocenters. The summed E-state index contributed by atoms with van der Waals surface area (Å²) in [6.07, 6.45) is 1.15. The number of benzene rings is 1. The summed E-state index contributed by atoms with van der Waals surface area (Å²) in [6.45, 7) is 4.21. The van der Waals surface area contributed by atoms with Gasteiger partial charge in [-0.25, -0.2) is 0 Å². The van der Waals surface area contributed by atoms with Gasteiger partial charge in [0.05, 0.1) is 0 Å². The number of hydrogen-bond donors (Lipinski definition) is 1. The quantitative estimate of drug-likeness (QED) is 0.730. The molecule has 0 bridgehead atoms. The van der Waals surface area contributed by atoms with Crippen LogP contribution in [0.1, 0.15) is 18.1 Å². The van der Waals surface area contributed by atoms with E-state index >= 15 is 0 Å². The Morgan fingerprint density at radius 2 is 2.15 bits per heavy atom. The van der Waals surface area contributed by atoms with Crippen molar-refractivity contribution in [3.63, 3.8) is 0 Å². The van der Waals surface area contributed by atoms with Gasteiger partial charge in [0.25, 0.3) is 0 Å². The normalized spacial score (nSPS) is 26.0. The van der Waals surface area contributed by atoms with Gasteiger partial charge in [-0.3, -0.25) is 0 Å². The molecule has 70 valence electrons. The molecule has 1 saturated heterocycles. The van der Waals surface area contributed by atoms with Crippen molar-refractivity contribution < 1.29 is 5.11 Å². The van der Waals surface area contributed by atoms with Crippen LogP contribution in [0, 0.1) is 6.92 Å². The minimum absolute atomic E-state index is 0.403. The zero-order valence-electron chi connectivity index (χ0n) is 7.95. The third-order valence-corrected chi connectivity index (χ3v) is 3.90. The molecule has 1 fully saturated rings. The predicted octanol–water partition coefficient (Wildman–Crippen LogP) is 2.75. The van der Waals surface area contributed by atoms with Crippen LogP contribution in [0.2, 0.25) is 0 Å². The molecular formula is C11H14OS. The van der Waals surface area contributed by atoms with E-state index in [0.29, 0.717) is 5.75 Å². The highest BCUT2D eigenvalue weighted by Crippen LogP contribution is 2.42. The smallest absolute Gasteiger partial charge is 0.118 e. The first-order valence-electron chi connectivity index (χ1n) is 4.61. The Balaban J connectivity index is 2.08. The molecule has 13 heavy (non-hydrogen) atoms. The Morgan fingerprint density at radius 1 is 1.46 bits per heavy atom. The number of aromatic hydroxyl groups is 1. The lowest BCUT2D eigenvalue weighted by molar-refractivity contribution is 0.471. The Kier molecular flexibility index (Phi) is 2.24. The summed E-state index contributed by atoms with van der Waals surface area (Å²) in [7, 11) is 0. The molecule has 1 aliphatic heterocycles. The van der Waals surface area contributed by atoms with Crippen LogP contribution in [0.5, 0.6) is 5.75 Å². The first-order chi connectivity index (χ1) is 6.16. The van der Waals surface area contributed by atoms with Crippen LogP contribution in [-0.2, 0) is 6.42 Å². The maximum atomic E-state index is 9.34. The lowest BCUT2D eigenvalue weighted by Gasteiger charge is -2.02. The number of thioether (sulfide) groups is 1. The molecule has 1 aromatic rings. The molecule has 2 rings (SSSR count). The fraction of sp³-hybridized carbons (Fsp3) is 0.455. The monoisotopic (exact) mass is 194 g/mol. The highest BCUT2D eigenvalue weighted by molar-refractivity contribution is 8.07. The second-order valence-electron chi connectivity index (χ2n) is 3.70. The largest absolute Gasteiger partial charge is 0.508 e. The van der Waals surface area contributed by atoms with Gasteiger partial charge in [0.15, 0.2) is 0 Å². The third-order valence-electron chi connectivity index (χ3n) is 2.53. The van der Waals surface area contributed by atoms with Gasteiger partial charge in [-0.15, -0.1) is 0 Å². The van der Waals surface area contributed by atoms with Crippen molar-refractivity contribution in [1.29, 1.82) is 0 Å². The lowest BCUT2D eigenvalue weighted by Crippen LogP contribution is -1.95. The molecule has 2 unspecified atom stereocenters. The predicted molar refractivity (Wildman–Crippen MR) is 57.4 cm³/mol. The van der Waals surface area contributed by atoms with Crippen LogP contribution in [0.25, 0.3) is 0 Å². The van der Waals surface area contributed by atoms with Crippen molar-refractivity contribution in [2.24, 2.45) is 0 Å². The minimum atomic E-state index is 0.403. The Bertz CT molecular complexity index is 322. The second-order valence-corrected chi connectivity index (χ2v) is 5.33. The van der Waals surface area contributed by atoms with Crippen LogP contribution in [0.4, 0.5) is 0 Å². The fourth-order valence-electron chi connectivity index (χ4n) is 1.52. The topological polar surface area (TPSA) is 20.2 Å². The first kappa shape index (κ1) is 8.95. The molecule has 0 saturated carbocycles. The summed E-state index contributed by atoms with van der Waals surface area (Å²) in [5.41, 5.74) is 2.33. The zero-order chi connectivity index (χ0) is 9.42. The van der Waals surface area contributed by atoms with E-state index in [2.05, 4.69) is 13.0 Å². The maximum absolute atomic E-state index is 9.34. The van der Waals surface area contributed by atoms with Gasteiger partial charge in [0.1, 0.15) is 5.75 Å². The SMILES string of the molecule is Cc1cc(CC2SC2C)ccc1O. The van der Waals surface area contributed by atoms with E-state index in [1.807, 2.05) is 24.8 Å². The summed E-state index contributed by atoms with van der Waals surface area (Å²) in [4.78, 5) is 0. The van der Waals surface area contributed by atoms with E-state index in [-0.39, 0.29) is 0 Å². The Morgan fingerprint density at radius 3 is 2.69 bits per heavy atom. The minimum Gasteiger partial charge on any atom is -0.508 e. The molecule has 1 heterocycles. The summed E-state index contributed by atoms with van der Waals surface area (Å²) >= 11 is 2.03. The molecule has 1 nitrogen and oxygen atoms in total. The van der Waals surface area contributed by atoms with E-state index in [1.54, 1.807) is 6.07 Å². The lowest BCUT2D eigenvalue weighted by atomic mass is 10.1. The van der Waals surface area contributed by atoms with Crippen LogP contribution in [-0.4, -0.2) is 15.6 Å². The van der Waals surface area contributed by atoms with Gasteiger partial charge in [-0.2, -0.15) is 11.8 Å². The molecule has 1 aromatic carbocycles. The third kappa shape index (κ3) is 1.99. The molecule has 0 aliphatic carbocycles. The second kappa shape index (κ2) is 3.26. The van der Waals surface area contributed by atoms with Crippen LogP contribution < -0.4 is 0 Å². The zero-order valence-corrected chi connectivity index (χ0v) is 8.77. The number of hydrogen-bond acceptors (Lipinski definition) is 2. The van der Waals surface area contributed by atoms with E-state index in [4.69, 9.17) is 0 Å². The molecule has 0 aromatic heterocycles. The van der Waals surface area contributed by atoms with E-state index in [0.717, 1.165) is 22.5 Å². The summed E-state index contributed by atoms with van der Waals surface area (Å²) in [5, 5.41) is 11.0. The van der Waals surface area contributed by atoms with Crippen LogP contribution in [0.3, 0.4) is 0 Å². The average Bonchev–Trinajstić information content (AvgIpc) is 2.75. The highest BCUT2D eigenvalue weighted by Gasteiger charge is 2.33. The fourth-order valence-corrected chi connectivity index (χ4v) is 2.37. The van der Waals surface area contributed by atoms with Gasteiger partial charge in [0, 0.05) is 10.5 Å². The molecule has 2 heteroatoms. The van der Waals surface area contributed by atoms with Gasteiger partial charge in [-0.05, 0) is 30.5 Å². The number of rotatable bonds is 2. The molecule has 1 N–H and O–H groups in total. The Hall–Kier alpha value is -0.630. The van der Waals surface area contributed by atoms with Crippen molar-refractivity contribution in [2.45, 2.75) is 30.8 Å². The summed E-state index contributed by atoms with van der Waals surface area (Å²) < 4.78 is 0. The number of aryl methyl sites for hydroxylation is 1. The standard InChI is InChI=1S/C11H14OS/c1-7-5-9(3-4-10(7)12)6-11-8(2)13-11/h3-5,8,11-12H,6H2,1-2H3. The Labute approximate surface area is 83.2 Å². The summed E-state index contributed by atoms with van der Waals surface area (Å²) in [6, 6.07) is 5.90. The van der Waals surface area contributed by atoms with Gasteiger partial charge in [0.2, 0.25) is 0 Å². The highest BCUT2D eigenvalue weighted by atomic mass is 32.2. The number of phenolic OH excluding ortho intramolecular Hbond substituents is 1. The van der Waals surface area contributed by atoms with Crippen molar-refractivity contribution in [2.75, 3.05) is 0 Å². The molecule has 1 aliphatic rings. The van der Waals surface area contributed by atoms with E-state index in [9.17, 15) is 5.11 Å². The van der Waals surface area contributed by atoms with Gasteiger partial charge < -0.3 is 5.11 Å². The van der Waals surface area contributed by atoms with Crippen molar-refractivity contribution >= 4 is 11.8 Å². The molecule has 0 radical (unpaired) electrons. The number of phenols is 1. The molecule has 0 spiro atoms. The van der Waals surface area contributed by atoms with E-state index < -0.39 is 0 Å². The molecular weight excluding hydrogens is 180 g/mol. The molecule has 0 amide bonds. The maximum Gasteiger partial charge on any atom is 0.118 e. The average molecular weight is 194 g/mol. The van der Waals surface area contributed by atoms with E-state index in [1.165, 1.54) is 5.56 Å². The van der Waals surface area contributed by atoms with Crippen LogP contribution in [0.15, 0.2) is 18.2 Å². The van der Waals surface area contributed by atoms with Crippen molar-refractivity contribution in [1.82, 2.24) is 0 Å². The first-order valence-corrected chi connectivity index (χ1v) is 5.55. The van der Waals surface area contributed by atoms with Crippen LogP contribution >= 0.6 is 11.8 Å². The van der Waals surface area contributed by atoms with Crippen molar-refractivity contribution in [3.05, 3.63) is 29.3 Å².